The van der Waals surface area contributed by atoms with Crippen molar-refractivity contribution in [3.63, 3.8) is 0 Å². The van der Waals surface area contributed by atoms with E-state index in [4.69, 9.17) is 9.97 Å². The molecule has 1 amide bonds. The van der Waals surface area contributed by atoms with E-state index in [0.29, 0.717) is 25.9 Å². The Morgan fingerprint density at radius 1 is 1.03 bits per heavy atom. The van der Waals surface area contributed by atoms with Crippen molar-refractivity contribution in [1.82, 2.24) is 14.9 Å². The van der Waals surface area contributed by atoms with Gasteiger partial charge in [-0.3, -0.25) is 9.59 Å². The van der Waals surface area contributed by atoms with Crippen LogP contribution in [0.4, 0.5) is 0 Å². The molecule has 0 radical (unpaired) electrons. The highest BCUT2D eigenvalue weighted by atomic mass is 32.1. The molecule has 0 bridgehead atoms. The maximum absolute atomic E-state index is 13.4. The Bertz CT molecular complexity index is 1240. The quantitative estimate of drug-likeness (QED) is 0.450. The first-order valence-electron chi connectivity index (χ1n) is 11.7. The van der Waals surface area contributed by atoms with E-state index in [1.165, 1.54) is 11.3 Å². The zero-order valence-electron chi connectivity index (χ0n) is 20.7. The van der Waals surface area contributed by atoms with Gasteiger partial charge in [0.1, 0.15) is 10.7 Å². The van der Waals surface area contributed by atoms with Crippen LogP contribution in [0, 0.1) is 33.6 Å². The molecule has 1 aromatic carbocycles. The lowest BCUT2D eigenvalue weighted by Gasteiger charge is -2.31. The highest BCUT2D eigenvalue weighted by Gasteiger charge is 2.31. The van der Waals surface area contributed by atoms with Gasteiger partial charge in [0.15, 0.2) is 5.78 Å². The average molecular weight is 464 g/mol. The fourth-order valence-corrected chi connectivity index (χ4v) is 5.88. The van der Waals surface area contributed by atoms with E-state index >= 15 is 0 Å². The van der Waals surface area contributed by atoms with Gasteiger partial charge >= 0.3 is 0 Å². The van der Waals surface area contributed by atoms with Gasteiger partial charge in [0.2, 0.25) is 0 Å². The Morgan fingerprint density at radius 2 is 1.70 bits per heavy atom. The van der Waals surface area contributed by atoms with Crippen LogP contribution in [0.3, 0.4) is 0 Å². The summed E-state index contributed by atoms with van der Waals surface area (Å²) in [6, 6.07) is 6.01. The number of carbonyl (C=O) groups excluding carboxylic acids is 2. The fraction of sp³-hybridized carbons (Fsp3) is 0.481. The van der Waals surface area contributed by atoms with Gasteiger partial charge < -0.3 is 4.90 Å². The van der Waals surface area contributed by atoms with Crippen LogP contribution in [0.2, 0.25) is 0 Å². The van der Waals surface area contributed by atoms with Gasteiger partial charge in [0, 0.05) is 35.4 Å². The number of likely N-dealkylation sites (tertiary alicyclic amines) is 1. The smallest absolute Gasteiger partial charge is 0.264 e. The van der Waals surface area contributed by atoms with Crippen LogP contribution in [-0.4, -0.2) is 39.6 Å². The molecule has 0 aliphatic carbocycles. The molecule has 6 heteroatoms. The Morgan fingerprint density at radius 3 is 2.30 bits per heavy atom. The molecule has 0 unspecified atom stereocenters. The van der Waals surface area contributed by atoms with E-state index in [1.807, 2.05) is 44.7 Å². The lowest BCUT2D eigenvalue weighted by Crippen LogP contribution is -2.40. The number of piperidine rings is 1. The van der Waals surface area contributed by atoms with E-state index in [-0.39, 0.29) is 23.0 Å². The molecule has 5 nitrogen and oxygen atoms in total. The van der Waals surface area contributed by atoms with Crippen LogP contribution >= 0.6 is 11.3 Å². The van der Waals surface area contributed by atoms with Crippen LogP contribution in [0.15, 0.2) is 18.2 Å². The van der Waals surface area contributed by atoms with Crippen LogP contribution in [0.1, 0.15) is 81.9 Å². The van der Waals surface area contributed by atoms with Crippen LogP contribution in [-0.2, 0) is 5.41 Å². The van der Waals surface area contributed by atoms with Gasteiger partial charge in [-0.1, -0.05) is 44.5 Å². The Hall–Kier alpha value is -2.60. The molecule has 3 heterocycles. The van der Waals surface area contributed by atoms with Crippen molar-refractivity contribution >= 4 is 33.2 Å². The molecule has 0 spiro atoms. The number of ketones is 1. The van der Waals surface area contributed by atoms with E-state index in [0.717, 1.165) is 48.9 Å². The molecule has 1 aliphatic heterocycles. The number of Topliss-reactive ketones (excluding diaryl/α,β-unsaturated/α-hetero) is 1. The van der Waals surface area contributed by atoms with Gasteiger partial charge in [-0.15, -0.1) is 11.3 Å². The minimum Gasteiger partial charge on any atom is -0.338 e. The summed E-state index contributed by atoms with van der Waals surface area (Å²) in [6.45, 7) is 15.5. The molecule has 33 heavy (non-hydrogen) atoms. The SMILES string of the molecule is Cc1ccc(C(=O)C2CCN(C(=O)c3sc4nc(C(C)(C)C)nc(C)c4c3C)CC2)c(C)c1. The second-order valence-electron chi connectivity index (χ2n) is 10.4. The molecule has 0 N–H and O–H groups in total. The number of aromatic nitrogens is 2. The Labute approximate surface area is 200 Å². The number of benzene rings is 1. The predicted octanol–water partition coefficient (Wildman–Crippen LogP) is 5.96. The number of hydrogen-bond donors (Lipinski definition) is 0. The van der Waals surface area contributed by atoms with Crippen molar-refractivity contribution in [2.75, 3.05) is 13.1 Å². The third-order valence-corrected chi connectivity index (χ3v) is 7.81. The number of nitrogens with zero attached hydrogens (tertiary/aromatic N) is 3. The lowest BCUT2D eigenvalue weighted by atomic mass is 9.87. The molecule has 4 rings (SSSR count). The van der Waals surface area contributed by atoms with Crippen molar-refractivity contribution in [2.45, 2.75) is 66.7 Å². The largest absolute Gasteiger partial charge is 0.338 e. The summed E-state index contributed by atoms with van der Waals surface area (Å²) in [7, 11) is 0. The van der Waals surface area contributed by atoms with Crippen LogP contribution < -0.4 is 0 Å². The molecule has 3 aromatic rings. The van der Waals surface area contributed by atoms with E-state index < -0.39 is 0 Å². The molecule has 1 aliphatic rings. The average Bonchev–Trinajstić information content (AvgIpc) is 3.09. The summed E-state index contributed by atoms with van der Waals surface area (Å²) in [6.07, 6.45) is 1.41. The minimum atomic E-state index is -0.148. The lowest BCUT2D eigenvalue weighted by molar-refractivity contribution is 0.0653. The highest BCUT2D eigenvalue weighted by molar-refractivity contribution is 7.20. The second kappa shape index (κ2) is 8.64. The molecule has 2 aromatic heterocycles. The molecule has 0 saturated carbocycles. The van der Waals surface area contributed by atoms with Crippen LogP contribution in [0.5, 0.6) is 0 Å². The number of rotatable bonds is 3. The Balaban J connectivity index is 1.52. The molecule has 174 valence electrons. The van der Waals surface area contributed by atoms with E-state index in [2.05, 4.69) is 26.8 Å². The van der Waals surface area contributed by atoms with Gasteiger partial charge in [-0.2, -0.15) is 0 Å². The first-order valence-corrected chi connectivity index (χ1v) is 12.5. The minimum absolute atomic E-state index is 0.0265. The topological polar surface area (TPSA) is 63.2 Å². The van der Waals surface area contributed by atoms with E-state index in [9.17, 15) is 9.59 Å². The number of thiophene rings is 1. The van der Waals surface area contributed by atoms with Crippen molar-refractivity contribution in [3.8, 4) is 0 Å². The van der Waals surface area contributed by atoms with Gasteiger partial charge in [-0.25, -0.2) is 9.97 Å². The van der Waals surface area contributed by atoms with Gasteiger partial charge in [0.25, 0.3) is 5.91 Å². The zero-order chi connectivity index (χ0) is 24.1. The molecule has 1 saturated heterocycles. The summed E-state index contributed by atoms with van der Waals surface area (Å²) in [4.78, 5) is 39.5. The third kappa shape index (κ3) is 4.45. The van der Waals surface area contributed by atoms with Crippen molar-refractivity contribution < 1.29 is 9.59 Å². The number of fused-ring (bicyclic) bond motifs is 1. The number of amides is 1. The molecule has 1 fully saturated rings. The Kier molecular flexibility index (Phi) is 6.16. The highest BCUT2D eigenvalue weighted by Crippen LogP contribution is 2.35. The molecular formula is C27H33N3O2S. The first kappa shape index (κ1) is 23.6. The standard InChI is InChI=1S/C27H33N3O2S/c1-15-8-9-20(16(2)14-15)22(31)19-10-12-30(13-11-19)25(32)23-17(3)21-18(4)28-26(27(5,6)7)29-24(21)33-23/h8-9,14,19H,10-13H2,1-7H3. The summed E-state index contributed by atoms with van der Waals surface area (Å²) in [5, 5.41) is 0.997. The summed E-state index contributed by atoms with van der Waals surface area (Å²) >= 11 is 1.47. The monoisotopic (exact) mass is 463 g/mol. The fourth-order valence-electron chi connectivity index (χ4n) is 4.68. The van der Waals surface area contributed by atoms with Crippen molar-refractivity contribution in [2.24, 2.45) is 5.92 Å². The summed E-state index contributed by atoms with van der Waals surface area (Å²) < 4.78 is 0. The maximum atomic E-state index is 13.4. The van der Waals surface area contributed by atoms with Gasteiger partial charge in [0.05, 0.1) is 10.6 Å². The van der Waals surface area contributed by atoms with Crippen molar-refractivity contribution in [1.29, 1.82) is 0 Å². The second-order valence-corrected chi connectivity index (χ2v) is 11.4. The number of hydrogen-bond acceptors (Lipinski definition) is 5. The summed E-state index contributed by atoms with van der Waals surface area (Å²) in [5.41, 5.74) is 4.75. The van der Waals surface area contributed by atoms with Gasteiger partial charge in [-0.05, 0) is 51.7 Å². The van der Waals surface area contributed by atoms with Crippen LogP contribution in [0.25, 0.3) is 10.2 Å². The predicted molar refractivity (Wildman–Crippen MR) is 134 cm³/mol. The molecular weight excluding hydrogens is 430 g/mol. The normalized spacial score (nSPS) is 15.3. The van der Waals surface area contributed by atoms with E-state index in [1.54, 1.807) is 0 Å². The maximum Gasteiger partial charge on any atom is 0.264 e. The molecule has 0 atom stereocenters. The number of aryl methyl sites for hydroxylation is 4. The summed E-state index contributed by atoms with van der Waals surface area (Å²) in [5.74, 6) is 1.03. The van der Waals surface area contributed by atoms with Crippen molar-refractivity contribution in [3.05, 3.63) is 56.8 Å². The number of carbonyl (C=O) groups is 2. The zero-order valence-corrected chi connectivity index (χ0v) is 21.5. The first-order chi connectivity index (χ1) is 15.5. The third-order valence-electron chi connectivity index (χ3n) is 6.64.